The van der Waals surface area contributed by atoms with Gasteiger partial charge in [0, 0.05) is 6.54 Å². The predicted octanol–water partition coefficient (Wildman–Crippen LogP) is 4.62. The first-order valence-corrected chi connectivity index (χ1v) is 8.14. The normalized spacial score (nSPS) is 12.4. The van der Waals surface area contributed by atoms with E-state index in [1.165, 1.54) is 58.2 Å². The average molecular weight is 260 g/mol. The average Bonchev–Trinajstić information content (AvgIpc) is 2.34. The molecule has 0 saturated heterocycles. The van der Waals surface area contributed by atoms with Gasteiger partial charge in [0.05, 0.1) is 0 Å². The fraction of sp³-hybridized carbons (Fsp3) is 1.00. The topological polar surface area (TPSA) is 3.24 Å². The number of hydrogen-bond acceptors (Lipinski definition) is 2. The summed E-state index contributed by atoms with van der Waals surface area (Å²) in [7, 11) is 0. The van der Waals surface area contributed by atoms with Gasteiger partial charge in [0.2, 0.25) is 0 Å². The van der Waals surface area contributed by atoms with Crippen molar-refractivity contribution in [1.82, 2.24) is 4.90 Å². The minimum absolute atomic E-state index is 0.455. The van der Waals surface area contributed by atoms with Crippen LogP contribution in [0.25, 0.3) is 0 Å². The van der Waals surface area contributed by atoms with E-state index in [1.54, 1.807) is 0 Å². The molecule has 0 aromatic carbocycles. The molecule has 0 saturated carbocycles. The van der Waals surface area contributed by atoms with Crippen molar-refractivity contribution in [2.24, 2.45) is 5.41 Å². The van der Waals surface area contributed by atoms with E-state index >= 15 is 0 Å². The van der Waals surface area contributed by atoms with E-state index in [1.807, 2.05) is 0 Å². The molecule has 0 aliphatic heterocycles. The Morgan fingerprint density at radius 1 is 0.941 bits per heavy atom. The Morgan fingerprint density at radius 2 is 1.53 bits per heavy atom. The van der Waals surface area contributed by atoms with Gasteiger partial charge in [0.25, 0.3) is 0 Å². The van der Waals surface area contributed by atoms with Gasteiger partial charge in [-0.2, -0.15) is 12.6 Å². The molecule has 0 aliphatic rings. The van der Waals surface area contributed by atoms with E-state index in [2.05, 4.69) is 45.2 Å². The quantitative estimate of drug-likeness (QED) is 0.530. The van der Waals surface area contributed by atoms with Gasteiger partial charge in [-0.05, 0) is 43.5 Å². The van der Waals surface area contributed by atoms with E-state index < -0.39 is 0 Å². The van der Waals surface area contributed by atoms with Crippen molar-refractivity contribution in [3.63, 3.8) is 0 Å². The maximum absolute atomic E-state index is 4.65. The molecule has 2 heteroatoms. The van der Waals surface area contributed by atoms with Crippen molar-refractivity contribution in [1.29, 1.82) is 0 Å². The van der Waals surface area contributed by atoms with Crippen molar-refractivity contribution in [3.8, 4) is 0 Å². The third-order valence-electron chi connectivity index (χ3n) is 3.73. The van der Waals surface area contributed by atoms with Crippen LogP contribution < -0.4 is 0 Å². The van der Waals surface area contributed by atoms with Crippen molar-refractivity contribution >= 4 is 12.6 Å². The molecule has 0 unspecified atom stereocenters. The highest BCUT2D eigenvalue weighted by molar-refractivity contribution is 7.80. The highest BCUT2D eigenvalue weighted by Crippen LogP contribution is 2.32. The Balaban J connectivity index is 4.44. The summed E-state index contributed by atoms with van der Waals surface area (Å²) in [4.78, 5) is 2.63. The molecule has 0 rings (SSSR count). The molecular formula is C15H33NS. The van der Waals surface area contributed by atoms with Gasteiger partial charge in [-0.3, -0.25) is 0 Å². The molecule has 0 amide bonds. The van der Waals surface area contributed by atoms with Crippen LogP contribution in [-0.4, -0.2) is 30.3 Å². The summed E-state index contributed by atoms with van der Waals surface area (Å²) in [6.07, 6.45) is 7.85. The number of nitrogens with zero attached hydrogens (tertiary/aromatic N) is 1. The molecule has 0 spiro atoms. The Labute approximate surface area is 115 Å². The zero-order valence-electron chi connectivity index (χ0n) is 12.5. The molecule has 0 N–H and O–H groups in total. The molecule has 17 heavy (non-hydrogen) atoms. The number of thiol groups is 1. The molecule has 0 fully saturated rings. The van der Waals surface area contributed by atoms with Crippen LogP contribution in [0.3, 0.4) is 0 Å². The van der Waals surface area contributed by atoms with Gasteiger partial charge in [0.1, 0.15) is 0 Å². The van der Waals surface area contributed by atoms with Gasteiger partial charge < -0.3 is 4.90 Å². The smallest absolute Gasteiger partial charge is 0.00457 e. The lowest BCUT2D eigenvalue weighted by molar-refractivity contribution is 0.150. The summed E-state index contributed by atoms with van der Waals surface area (Å²) >= 11 is 4.65. The van der Waals surface area contributed by atoms with Crippen LogP contribution in [-0.2, 0) is 0 Å². The van der Waals surface area contributed by atoms with Crippen molar-refractivity contribution in [2.75, 3.05) is 25.4 Å². The standard InChI is InChI=1S/C15H33NS/c1-5-9-12-16(8-4)13-15(14-17,10-6-2)11-7-3/h17H,5-14H2,1-4H3. The second-order valence-electron chi connectivity index (χ2n) is 5.38. The summed E-state index contributed by atoms with van der Waals surface area (Å²) in [6.45, 7) is 12.9. The minimum Gasteiger partial charge on any atom is -0.303 e. The predicted molar refractivity (Wildman–Crippen MR) is 83.1 cm³/mol. The Kier molecular flexibility index (Phi) is 10.4. The zero-order chi connectivity index (χ0) is 13.1. The van der Waals surface area contributed by atoms with Crippen molar-refractivity contribution < 1.29 is 0 Å². The molecule has 0 heterocycles. The summed E-state index contributed by atoms with van der Waals surface area (Å²) in [6, 6.07) is 0. The molecule has 0 aromatic heterocycles. The monoisotopic (exact) mass is 259 g/mol. The first-order valence-electron chi connectivity index (χ1n) is 7.51. The Bertz CT molecular complexity index is 164. The van der Waals surface area contributed by atoms with E-state index in [0.29, 0.717) is 5.41 Å². The lowest BCUT2D eigenvalue weighted by Gasteiger charge is -2.37. The van der Waals surface area contributed by atoms with E-state index in [0.717, 1.165) is 5.75 Å². The summed E-state index contributed by atoms with van der Waals surface area (Å²) in [5.41, 5.74) is 0.455. The van der Waals surface area contributed by atoms with Crippen LogP contribution in [0.1, 0.15) is 66.2 Å². The first kappa shape index (κ1) is 17.3. The fourth-order valence-electron chi connectivity index (χ4n) is 2.76. The number of rotatable bonds is 11. The van der Waals surface area contributed by atoms with Gasteiger partial charge in [-0.25, -0.2) is 0 Å². The van der Waals surface area contributed by atoms with Gasteiger partial charge >= 0.3 is 0 Å². The van der Waals surface area contributed by atoms with Crippen LogP contribution in [0.2, 0.25) is 0 Å². The molecule has 104 valence electrons. The second-order valence-corrected chi connectivity index (χ2v) is 5.70. The Hall–Kier alpha value is 0.310. The first-order chi connectivity index (χ1) is 8.17. The van der Waals surface area contributed by atoms with Gasteiger partial charge in [0.15, 0.2) is 0 Å². The van der Waals surface area contributed by atoms with E-state index in [9.17, 15) is 0 Å². The van der Waals surface area contributed by atoms with Crippen LogP contribution in [0.15, 0.2) is 0 Å². The minimum atomic E-state index is 0.455. The molecule has 0 bridgehead atoms. The molecule has 0 aliphatic carbocycles. The van der Waals surface area contributed by atoms with Crippen molar-refractivity contribution in [3.05, 3.63) is 0 Å². The summed E-state index contributed by atoms with van der Waals surface area (Å²) < 4.78 is 0. The molecule has 0 atom stereocenters. The fourth-order valence-corrected chi connectivity index (χ4v) is 3.17. The Morgan fingerprint density at radius 3 is 1.88 bits per heavy atom. The third-order valence-corrected chi connectivity index (χ3v) is 4.40. The van der Waals surface area contributed by atoms with Crippen LogP contribution in [0, 0.1) is 5.41 Å². The van der Waals surface area contributed by atoms with Crippen LogP contribution in [0.5, 0.6) is 0 Å². The summed E-state index contributed by atoms with van der Waals surface area (Å²) in [5.74, 6) is 1.04. The van der Waals surface area contributed by atoms with Crippen molar-refractivity contribution in [2.45, 2.75) is 66.2 Å². The molecule has 1 nitrogen and oxygen atoms in total. The third kappa shape index (κ3) is 6.71. The second kappa shape index (κ2) is 10.3. The maximum atomic E-state index is 4.65. The molecular weight excluding hydrogens is 226 g/mol. The largest absolute Gasteiger partial charge is 0.303 e. The van der Waals surface area contributed by atoms with Crippen LogP contribution in [0.4, 0.5) is 0 Å². The number of hydrogen-bond donors (Lipinski definition) is 1. The molecule has 0 aromatic rings. The molecule has 0 radical (unpaired) electrons. The highest BCUT2D eigenvalue weighted by atomic mass is 32.1. The van der Waals surface area contributed by atoms with Crippen LogP contribution >= 0.6 is 12.6 Å². The van der Waals surface area contributed by atoms with E-state index in [4.69, 9.17) is 0 Å². The van der Waals surface area contributed by atoms with Gasteiger partial charge in [-0.1, -0.05) is 47.0 Å². The van der Waals surface area contributed by atoms with Gasteiger partial charge in [-0.15, -0.1) is 0 Å². The highest BCUT2D eigenvalue weighted by Gasteiger charge is 2.28. The number of unbranched alkanes of at least 4 members (excludes halogenated alkanes) is 1. The summed E-state index contributed by atoms with van der Waals surface area (Å²) in [5, 5.41) is 0. The maximum Gasteiger partial charge on any atom is 0.00457 e. The lowest BCUT2D eigenvalue weighted by Crippen LogP contribution is -2.39. The zero-order valence-corrected chi connectivity index (χ0v) is 13.4. The lowest BCUT2D eigenvalue weighted by atomic mass is 9.80. The SMILES string of the molecule is CCCCN(CC)CC(CS)(CCC)CCC. The van der Waals surface area contributed by atoms with E-state index in [-0.39, 0.29) is 0 Å².